The van der Waals surface area contributed by atoms with E-state index in [1.165, 1.54) is 13.2 Å². The maximum absolute atomic E-state index is 12.0. The lowest BCUT2D eigenvalue weighted by molar-refractivity contribution is -0.143. The molecule has 1 amide bonds. The van der Waals surface area contributed by atoms with E-state index in [0.717, 1.165) is 5.56 Å². The van der Waals surface area contributed by atoms with E-state index in [0.29, 0.717) is 27.8 Å². The lowest BCUT2D eigenvalue weighted by Gasteiger charge is -2.09. The van der Waals surface area contributed by atoms with Crippen molar-refractivity contribution in [2.75, 3.05) is 13.7 Å². The first-order valence-corrected chi connectivity index (χ1v) is 8.57. The SMILES string of the molecule is COc1ccc2c(COC(=O)CNC(=O)c3ccc(C)cc3)cc(=O)oc2c1. The van der Waals surface area contributed by atoms with E-state index >= 15 is 0 Å². The minimum Gasteiger partial charge on any atom is -0.497 e. The topological polar surface area (TPSA) is 94.8 Å². The highest BCUT2D eigenvalue weighted by atomic mass is 16.5. The zero-order chi connectivity index (χ0) is 20.1. The molecule has 3 rings (SSSR count). The number of ether oxygens (including phenoxy) is 2. The Balaban J connectivity index is 1.62. The van der Waals surface area contributed by atoms with Gasteiger partial charge in [0.1, 0.15) is 24.5 Å². The Morgan fingerprint density at radius 1 is 1.07 bits per heavy atom. The predicted molar refractivity (Wildman–Crippen MR) is 102 cm³/mol. The fraction of sp³-hybridized carbons (Fsp3) is 0.190. The summed E-state index contributed by atoms with van der Waals surface area (Å²) >= 11 is 0. The van der Waals surface area contributed by atoms with Crippen molar-refractivity contribution < 1.29 is 23.5 Å². The smallest absolute Gasteiger partial charge is 0.336 e. The van der Waals surface area contributed by atoms with Crippen LogP contribution in [0.15, 0.2) is 57.7 Å². The number of hydrogen-bond acceptors (Lipinski definition) is 6. The standard InChI is InChI=1S/C21H19NO6/c1-13-3-5-14(6-4-13)21(25)22-11-20(24)27-12-15-9-19(23)28-18-10-16(26-2)7-8-17(15)18/h3-10H,11-12H2,1-2H3,(H,22,25). The van der Waals surface area contributed by atoms with Crippen LogP contribution in [0.1, 0.15) is 21.5 Å². The average Bonchev–Trinajstić information content (AvgIpc) is 2.70. The molecule has 0 fully saturated rings. The summed E-state index contributed by atoms with van der Waals surface area (Å²) in [5, 5.41) is 3.14. The van der Waals surface area contributed by atoms with Gasteiger partial charge in [-0.05, 0) is 31.2 Å². The molecule has 28 heavy (non-hydrogen) atoms. The van der Waals surface area contributed by atoms with Crippen LogP contribution in [0.25, 0.3) is 11.0 Å². The normalized spacial score (nSPS) is 10.5. The summed E-state index contributed by atoms with van der Waals surface area (Å²) in [5.41, 5.74) is 1.78. The molecule has 0 aliphatic carbocycles. The molecule has 0 saturated heterocycles. The second-order valence-corrected chi connectivity index (χ2v) is 6.16. The van der Waals surface area contributed by atoms with Crippen LogP contribution in [-0.4, -0.2) is 25.5 Å². The van der Waals surface area contributed by atoms with E-state index in [1.807, 2.05) is 19.1 Å². The average molecular weight is 381 g/mol. The van der Waals surface area contributed by atoms with Crippen molar-refractivity contribution in [2.45, 2.75) is 13.5 Å². The summed E-state index contributed by atoms with van der Waals surface area (Å²) in [4.78, 5) is 35.7. The highest BCUT2D eigenvalue weighted by Gasteiger charge is 2.12. The van der Waals surface area contributed by atoms with Crippen molar-refractivity contribution in [1.82, 2.24) is 5.32 Å². The van der Waals surface area contributed by atoms with Gasteiger partial charge in [-0.15, -0.1) is 0 Å². The number of hydrogen-bond donors (Lipinski definition) is 1. The van der Waals surface area contributed by atoms with Gasteiger partial charge in [0.25, 0.3) is 5.91 Å². The van der Waals surface area contributed by atoms with Gasteiger partial charge in [-0.1, -0.05) is 17.7 Å². The molecule has 0 unspecified atom stereocenters. The number of fused-ring (bicyclic) bond motifs is 1. The molecule has 7 heteroatoms. The molecule has 1 aromatic heterocycles. The summed E-state index contributed by atoms with van der Waals surface area (Å²) < 4.78 is 15.5. The van der Waals surface area contributed by atoms with E-state index in [9.17, 15) is 14.4 Å². The van der Waals surface area contributed by atoms with Crippen LogP contribution in [0.5, 0.6) is 5.75 Å². The molecule has 0 aliphatic heterocycles. The number of amides is 1. The zero-order valence-corrected chi connectivity index (χ0v) is 15.5. The van der Waals surface area contributed by atoms with Gasteiger partial charge in [0.2, 0.25) is 0 Å². The molecule has 1 N–H and O–H groups in total. The number of nitrogens with one attached hydrogen (secondary N) is 1. The molecule has 0 spiro atoms. The Morgan fingerprint density at radius 2 is 1.82 bits per heavy atom. The number of carbonyl (C=O) groups is 2. The minimum absolute atomic E-state index is 0.117. The van der Waals surface area contributed by atoms with Crippen molar-refractivity contribution in [1.29, 1.82) is 0 Å². The molecule has 3 aromatic rings. The third-order valence-electron chi connectivity index (χ3n) is 4.13. The molecule has 0 atom stereocenters. The van der Waals surface area contributed by atoms with E-state index < -0.39 is 11.6 Å². The molecular formula is C21H19NO6. The highest BCUT2D eigenvalue weighted by molar-refractivity contribution is 5.95. The Labute approximate surface area is 160 Å². The van der Waals surface area contributed by atoms with Crippen LogP contribution in [0, 0.1) is 6.92 Å². The quantitative estimate of drug-likeness (QED) is 0.521. The fourth-order valence-corrected chi connectivity index (χ4v) is 2.63. The molecule has 2 aromatic carbocycles. The van der Waals surface area contributed by atoms with Crippen LogP contribution in [0.3, 0.4) is 0 Å². The number of rotatable bonds is 6. The molecular weight excluding hydrogens is 362 g/mol. The molecule has 144 valence electrons. The second kappa shape index (κ2) is 8.39. The van der Waals surface area contributed by atoms with Gasteiger partial charge >= 0.3 is 11.6 Å². The summed E-state index contributed by atoms with van der Waals surface area (Å²) in [5.74, 6) is -0.436. The number of esters is 1. The van der Waals surface area contributed by atoms with Crippen LogP contribution < -0.4 is 15.7 Å². The van der Waals surface area contributed by atoms with Gasteiger partial charge in [-0.2, -0.15) is 0 Å². The number of carbonyl (C=O) groups excluding carboxylic acids is 2. The Bertz CT molecular complexity index is 1070. The van der Waals surface area contributed by atoms with Crippen molar-refractivity contribution >= 4 is 22.8 Å². The van der Waals surface area contributed by atoms with E-state index in [-0.39, 0.29) is 19.1 Å². The maximum Gasteiger partial charge on any atom is 0.336 e. The Kier molecular flexibility index (Phi) is 5.74. The summed E-state index contributed by atoms with van der Waals surface area (Å²) in [6.45, 7) is 1.52. The highest BCUT2D eigenvalue weighted by Crippen LogP contribution is 2.22. The summed E-state index contributed by atoms with van der Waals surface area (Å²) in [6.07, 6.45) is 0. The van der Waals surface area contributed by atoms with Crippen LogP contribution >= 0.6 is 0 Å². The minimum atomic E-state index is -0.615. The molecule has 7 nitrogen and oxygen atoms in total. The van der Waals surface area contributed by atoms with Crippen LogP contribution in [-0.2, 0) is 16.1 Å². The van der Waals surface area contributed by atoms with Crippen LogP contribution in [0.4, 0.5) is 0 Å². The lowest BCUT2D eigenvalue weighted by atomic mass is 10.1. The van der Waals surface area contributed by atoms with Crippen molar-refractivity contribution in [3.63, 3.8) is 0 Å². The molecule has 0 aliphatic rings. The first kappa shape index (κ1) is 19.2. The third kappa shape index (κ3) is 4.56. The molecule has 0 bridgehead atoms. The van der Waals surface area contributed by atoms with Crippen molar-refractivity contribution in [3.05, 3.63) is 75.6 Å². The first-order chi connectivity index (χ1) is 13.5. The van der Waals surface area contributed by atoms with Gasteiger partial charge < -0.3 is 19.2 Å². The molecule has 0 saturated carbocycles. The third-order valence-corrected chi connectivity index (χ3v) is 4.13. The number of aryl methyl sites for hydroxylation is 1. The largest absolute Gasteiger partial charge is 0.497 e. The lowest BCUT2D eigenvalue weighted by Crippen LogP contribution is -2.30. The Hall–Kier alpha value is -3.61. The predicted octanol–water partition coefficient (Wildman–Crippen LogP) is 2.58. The van der Waals surface area contributed by atoms with Gasteiger partial charge in [0.15, 0.2) is 0 Å². The number of benzene rings is 2. The first-order valence-electron chi connectivity index (χ1n) is 8.57. The van der Waals surface area contributed by atoms with Crippen molar-refractivity contribution in [2.24, 2.45) is 0 Å². The molecule has 0 radical (unpaired) electrons. The summed E-state index contributed by atoms with van der Waals surface area (Å²) in [7, 11) is 1.51. The summed E-state index contributed by atoms with van der Waals surface area (Å²) in [6, 6.07) is 13.3. The van der Waals surface area contributed by atoms with E-state index in [4.69, 9.17) is 13.9 Å². The van der Waals surface area contributed by atoms with Gasteiger partial charge in [-0.25, -0.2) is 4.79 Å². The van der Waals surface area contributed by atoms with Gasteiger partial charge in [-0.3, -0.25) is 9.59 Å². The second-order valence-electron chi connectivity index (χ2n) is 6.16. The maximum atomic E-state index is 12.0. The number of methoxy groups -OCH3 is 1. The van der Waals surface area contributed by atoms with Gasteiger partial charge in [0.05, 0.1) is 7.11 Å². The van der Waals surface area contributed by atoms with Gasteiger partial charge in [0, 0.05) is 28.6 Å². The zero-order valence-electron chi connectivity index (χ0n) is 15.5. The van der Waals surface area contributed by atoms with Crippen molar-refractivity contribution in [3.8, 4) is 5.75 Å². The molecule has 1 heterocycles. The monoisotopic (exact) mass is 381 g/mol. The Morgan fingerprint density at radius 3 is 2.54 bits per heavy atom. The fourth-order valence-electron chi connectivity index (χ4n) is 2.63. The van der Waals surface area contributed by atoms with Crippen LogP contribution in [0.2, 0.25) is 0 Å². The van der Waals surface area contributed by atoms with E-state index in [2.05, 4.69) is 5.32 Å². The van der Waals surface area contributed by atoms with E-state index in [1.54, 1.807) is 30.3 Å².